The molecule has 2 heterocycles. The van der Waals surface area contributed by atoms with Crippen molar-refractivity contribution in [2.75, 3.05) is 0 Å². The highest BCUT2D eigenvalue weighted by Gasteiger charge is 1.94. The largest absolute Gasteiger partial charge is 0.322 e. The van der Waals surface area contributed by atoms with Crippen molar-refractivity contribution in [3.05, 3.63) is 41.7 Å². The molecule has 0 aromatic carbocycles. The molecule has 0 fully saturated rings. The average Bonchev–Trinajstić information content (AvgIpc) is 2.43. The predicted molar refractivity (Wildman–Crippen MR) is 50.1 cm³/mol. The average molecular weight is 155 g/mol. The van der Waals surface area contributed by atoms with Crippen LogP contribution in [0.5, 0.6) is 0 Å². The van der Waals surface area contributed by atoms with Crippen molar-refractivity contribution in [2.24, 2.45) is 0 Å². The van der Waals surface area contributed by atoms with E-state index in [1.165, 1.54) is 11.1 Å². The van der Waals surface area contributed by atoms with E-state index >= 15 is 0 Å². The minimum Gasteiger partial charge on any atom is -0.322 e. The summed E-state index contributed by atoms with van der Waals surface area (Å²) in [5.41, 5.74) is 3.36. The molecule has 0 saturated carbocycles. The first-order chi connectivity index (χ1) is 5.79. The topological polar surface area (TPSA) is 4.41 Å². The normalized spacial score (nSPS) is 10.0. The van der Waals surface area contributed by atoms with Crippen LogP contribution in [-0.4, -0.2) is 4.40 Å². The SMILES string of the molecule is C#Cc1ccc2cc(C)cn2c1. The zero-order valence-electron chi connectivity index (χ0n) is 6.91. The van der Waals surface area contributed by atoms with Gasteiger partial charge in [-0.3, -0.25) is 0 Å². The van der Waals surface area contributed by atoms with E-state index in [-0.39, 0.29) is 0 Å². The summed E-state index contributed by atoms with van der Waals surface area (Å²) in [5, 5.41) is 0. The van der Waals surface area contributed by atoms with Crippen LogP contribution in [0.15, 0.2) is 30.6 Å². The highest BCUT2D eigenvalue weighted by atomic mass is 14.8. The molecule has 0 unspecified atom stereocenters. The quantitative estimate of drug-likeness (QED) is 0.514. The first-order valence-corrected chi connectivity index (χ1v) is 3.84. The molecular formula is C11H9N. The molecule has 0 aliphatic carbocycles. The molecule has 0 aliphatic rings. The summed E-state index contributed by atoms with van der Waals surface area (Å²) in [6, 6.07) is 6.11. The Labute approximate surface area is 71.6 Å². The molecule has 2 aromatic rings. The van der Waals surface area contributed by atoms with Crippen molar-refractivity contribution in [3.8, 4) is 12.3 Å². The molecule has 2 rings (SSSR count). The summed E-state index contributed by atoms with van der Waals surface area (Å²) < 4.78 is 2.05. The van der Waals surface area contributed by atoms with E-state index in [4.69, 9.17) is 6.42 Å². The van der Waals surface area contributed by atoms with Crippen molar-refractivity contribution in [1.82, 2.24) is 4.40 Å². The number of hydrogen-bond donors (Lipinski definition) is 0. The molecule has 12 heavy (non-hydrogen) atoms. The van der Waals surface area contributed by atoms with E-state index < -0.39 is 0 Å². The molecule has 0 spiro atoms. The van der Waals surface area contributed by atoms with Gasteiger partial charge in [-0.2, -0.15) is 0 Å². The molecule has 0 N–H and O–H groups in total. The molecule has 0 bridgehead atoms. The number of pyridine rings is 1. The molecule has 1 heteroatoms. The first-order valence-electron chi connectivity index (χ1n) is 3.84. The second-order valence-electron chi connectivity index (χ2n) is 2.91. The number of nitrogens with zero attached hydrogens (tertiary/aromatic N) is 1. The van der Waals surface area contributed by atoms with Gasteiger partial charge in [-0.25, -0.2) is 0 Å². The van der Waals surface area contributed by atoms with Gasteiger partial charge in [-0.05, 0) is 30.7 Å². The zero-order chi connectivity index (χ0) is 8.55. The molecule has 0 radical (unpaired) electrons. The number of fused-ring (bicyclic) bond motifs is 1. The maximum Gasteiger partial charge on any atom is 0.0453 e. The van der Waals surface area contributed by atoms with Crippen molar-refractivity contribution >= 4 is 5.52 Å². The van der Waals surface area contributed by atoms with E-state index in [1.54, 1.807) is 0 Å². The maximum absolute atomic E-state index is 5.28. The van der Waals surface area contributed by atoms with Crippen molar-refractivity contribution in [3.63, 3.8) is 0 Å². The van der Waals surface area contributed by atoms with Crippen LogP contribution in [-0.2, 0) is 0 Å². The fourth-order valence-corrected chi connectivity index (χ4v) is 1.34. The van der Waals surface area contributed by atoms with Crippen LogP contribution in [0.3, 0.4) is 0 Å². The van der Waals surface area contributed by atoms with Gasteiger partial charge < -0.3 is 4.40 Å². The summed E-state index contributed by atoms with van der Waals surface area (Å²) >= 11 is 0. The van der Waals surface area contributed by atoms with Crippen LogP contribution in [0.4, 0.5) is 0 Å². The lowest BCUT2D eigenvalue weighted by Crippen LogP contribution is -1.82. The Hall–Kier alpha value is -1.68. The molecule has 0 amide bonds. The third-order valence-electron chi connectivity index (χ3n) is 1.89. The van der Waals surface area contributed by atoms with Crippen LogP contribution < -0.4 is 0 Å². The monoisotopic (exact) mass is 155 g/mol. The molecule has 58 valence electrons. The lowest BCUT2D eigenvalue weighted by molar-refractivity contribution is 1.18. The smallest absolute Gasteiger partial charge is 0.0453 e. The second-order valence-corrected chi connectivity index (χ2v) is 2.91. The molecule has 1 nitrogen and oxygen atoms in total. The molecule has 0 atom stereocenters. The summed E-state index contributed by atoms with van der Waals surface area (Å²) in [6.45, 7) is 2.07. The lowest BCUT2D eigenvalue weighted by Gasteiger charge is -1.94. The number of terminal acetylenes is 1. The van der Waals surface area contributed by atoms with E-state index in [9.17, 15) is 0 Å². The standard InChI is InChI=1S/C11H9N/c1-3-10-4-5-11-6-9(2)7-12(11)8-10/h1,4-8H,2H3. The van der Waals surface area contributed by atoms with Gasteiger partial charge in [0.15, 0.2) is 0 Å². The fourth-order valence-electron chi connectivity index (χ4n) is 1.34. The number of hydrogen-bond acceptors (Lipinski definition) is 0. The fraction of sp³-hybridized carbons (Fsp3) is 0.0909. The number of aromatic nitrogens is 1. The predicted octanol–water partition coefficient (Wildman–Crippen LogP) is 2.23. The summed E-state index contributed by atoms with van der Waals surface area (Å²) in [7, 11) is 0. The highest BCUT2D eigenvalue weighted by molar-refractivity contribution is 5.52. The van der Waals surface area contributed by atoms with E-state index in [2.05, 4.69) is 25.1 Å². The minimum absolute atomic E-state index is 0.915. The van der Waals surface area contributed by atoms with Gasteiger partial charge in [-0.15, -0.1) is 6.42 Å². The Bertz CT molecular complexity index is 457. The lowest BCUT2D eigenvalue weighted by atomic mass is 10.3. The Morgan fingerprint density at radius 1 is 1.33 bits per heavy atom. The third-order valence-corrected chi connectivity index (χ3v) is 1.89. The van der Waals surface area contributed by atoms with Gasteiger partial charge in [0.05, 0.1) is 0 Å². The van der Waals surface area contributed by atoms with Gasteiger partial charge in [0.2, 0.25) is 0 Å². The summed E-state index contributed by atoms with van der Waals surface area (Å²) in [4.78, 5) is 0. The highest BCUT2D eigenvalue weighted by Crippen LogP contribution is 2.09. The van der Waals surface area contributed by atoms with E-state index in [0.29, 0.717) is 0 Å². The van der Waals surface area contributed by atoms with Crippen LogP contribution in [0.25, 0.3) is 5.52 Å². The molecule has 2 aromatic heterocycles. The molecule has 0 saturated heterocycles. The van der Waals surface area contributed by atoms with Crippen molar-refractivity contribution < 1.29 is 0 Å². The van der Waals surface area contributed by atoms with Gasteiger partial charge in [0.1, 0.15) is 0 Å². The van der Waals surface area contributed by atoms with Crippen molar-refractivity contribution in [1.29, 1.82) is 0 Å². The minimum atomic E-state index is 0.915. The van der Waals surface area contributed by atoms with Crippen LogP contribution >= 0.6 is 0 Å². The zero-order valence-corrected chi connectivity index (χ0v) is 6.91. The summed E-state index contributed by atoms with van der Waals surface area (Å²) in [6.07, 6.45) is 9.31. The number of rotatable bonds is 0. The summed E-state index contributed by atoms with van der Waals surface area (Å²) in [5.74, 6) is 2.61. The Morgan fingerprint density at radius 3 is 2.92 bits per heavy atom. The van der Waals surface area contributed by atoms with Gasteiger partial charge in [0, 0.05) is 23.5 Å². The first kappa shape index (κ1) is 7.00. The van der Waals surface area contributed by atoms with Crippen LogP contribution in [0.2, 0.25) is 0 Å². The van der Waals surface area contributed by atoms with Gasteiger partial charge in [-0.1, -0.05) is 5.92 Å². The van der Waals surface area contributed by atoms with Gasteiger partial charge >= 0.3 is 0 Å². The molecular weight excluding hydrogens is 146 g/mol. The third kappa shape index (κ3) is 0.981. The van der Waals surface area contributed by atoms with E-state index in [0.717, 1.165) is 5.56 Å². The number of aryl methyl sites for hydroxylation is 1. The maximum atomic E-state index is 5.28. The Kier molecular flexibility index (Phi) is 1.41. The van der Waals surface area contributed by atoms with Crippen LogP contribution in [0.1, 0.15) is 11.1 Å². The second kappa shape index (κ2) is 2.42. The Balaban J connectivity index is 2.77. The van der Waals surface area contributed by atoms with E-state index in [1.807, 2.05) is 22.7 Å². The van der Waals surface area contributed by atoms with Gasteiger partial charge in [0.25, 0.3) is 0 Å². The van der Waals surface area contributed by atoms with Crippen LogP contribution in [0, 0.1) is 19.3 Å². The Morgan fingerprint density at radius 2 is 2.17 bits per heavy atom. The van der Waals surface area contributed by atoms with Crippen molar-refractivity contribution in [2.45, 2.75) is 6.92 Å². The molecule has 0 aliphatic heterocycles.